The van der Waals surface area contributed by atoms with Crippen LogP contribution in [0, 0.1) is 11.7 Å². The Labute approximate surface area is 228 Å². The van der Waals surface area contributed by atoms with Gasteiger partial charge in [-0.1, -0.05) is 73.7 Å². The lowest BCUT2D eigenvalue weighted by atomic mass is 9.92. The Hall–Kier alpha value is -4.45. The summed E-state index contributed by atoms with van der Waals surface area (Å²) in [4.78, 5) is 24.9. The van der Waals surface area contributed by atoms with Gasteiger partial charge in [-0.3, -0.25) is 9.59 Å². The molecule has 0 radical (unpaired) electrons. The van der Waals surface area contributed by atoms with Gasteiger partial charge in [0.15, 0.2) is 0 Å². The first kappa shape index (κ1) is 27.6. The molecule has 0 fully saturated rings. The lowest BCUT2D eigenvalue weighted by Crippen LogP contribution is -2.23. The van der Waals surface area contributed by atoms with Crippen molar-refractivity contribution >= 4 is 11.9 Å². The molecule has 4 rings (SSSR count). The number of carbonyl (C=O) groups is 2. The molecule has 1 atom stereocenters. The number of halogens is 1. The van der Waals surface area contributed by atoms with E-state index >= 15 is 0 Å². The third-order valence-electron chi connectivity index (χ3n) is 6.49. The third-order valence-corrected chi connectivity index (χ3v) is 6.49. The molecule has 0 bridgehead atoms. The van der Waals surface area contributed by atoms with Gasteiger partial charge in [-0.2, -0.15) is 0 Å². The first-order valence-electron chi connectivity index (χ1n) is 13.1. The first-order chi connectivity index (χ1) is 18.9. The lowest BCUT2D eigenvalue weighted by molar-refractivity contribution is -0.141. The van der Waals surface area contributed by atoms with Crippen molar-refractivity contribution in [2.24, 2.45) is 5.92 Å². The van der Waals surface area contributed by atoms with Gasteiger partial charge in [-0.15, -0.1) is 0 Å². The second-order valence-electron chi connectivity index (χ2n) is 9.49. The highest BCUT2D eigenvalue weighted by atomic mass is 19.1. The van der Waals surface area contributed by atoms with Crippen LogP contribution in [0.5, 0.6) is 5.75 Å². The van der Waals surface area contributed by atoms with Crippen LogP contribution in [-0.2, 0) is 24.2 Å². The molecule has 0 aliphatic rings. The Morgan fingerprint density at radius 1 is 0.846 bits per heavy atom. The highest BCUT2D eigenvalue weighted by molar-refractivity contribution is 5.94. The molecule has 39 heavy (non-hydrogen) atoms. The Kier molecular flexibility index (Phi) is 9.46. The van der Waals surface area contributed by atoms with E-state index in [1.54, 1.807) is 30.3 Å². The van der Waals surface area contributed by atoms with E-state index in [4.69, 9.17) is 4.74 Å². The highest BCUT2D eigenvalue weighted by Gasteiger charge is 2.20. The minimum Gasteiger partial charge on any atom is -0.493 e. The summed E-state index contributed by atoms with van der Waals surface area (Å²) < 4.78 is 19.5. The van der Waals surface area contributed by atoms with Gasteiger partial charge in [-0.25, -0.2) is 4.39 Å². The van der Waals surface area contributed by atoms with Crippen molar-refractivity contribution < 1.29 is 23.8 Å². The molecular weight excluding hydrogens is 493 g/mol. The Morgan fingerprint density at radius 3 is 2.28 bits per heavy atom. The summed E-state index contributed by atoms with van der Waals surface area (Å²) in [5.74, 6) is -1.32. The molecule has 0 saturated heterocycles. The van der Waals surface area contributed by atoms with Crippen LogP contribution in [0.3, 0.4) is 0 Å². The summed E-state index contributed by atoms with van der Waals surface area (Å²) in [7, 11) is 0. The van der Waals surface area contributed by atoms with E-state index in [9.17, 15) is 19.1 Å². The average Bonchev–Trinajstić information content (AvgIpc) is 2.95. The number of carbonyl (C=O) groups excluding carboxylic acids is 1. The van der Waals surface area contributed by atoms with Gasteiger partial charge in [-0.05, 0) is 71.8 Å². The van der Waals surface area contributed by atoms with E-state index in [2.05, 4.69) is 5.32 Å². The number of ether oxygens (including phenoxy) is 1. The molecule has 2 N–H and O–H groups in total. The van der Waals surface area contributed by atoms with Crippen LogP contribution in [0.25, 0.3) is 11.1 Å². The summed E-state index contributed by atoms with van der Waals surface area (Å²) in [5, 5.41) is 12.8. The lowest BCUT2D eigenvalue weighted by Gasteiger charge is -2.16. The van der Waals surface area contributed by atoms with Crippen LogP contribution in [-0.4, -0.2) is 23.6 Å². The summed E-state index contributed by atoms with van der Waals surface area (Å²) in [6, 6.07) is 28.6. The quantitative estimate of drug-likeness (QED) is 0.216. The van der Waals surface area contributed by atoms with Gasteiger partial charge in [0.05, 0.1) is 12.5 Å². The molecule has 0 aromatic heterocycles. The van der Waals surface area contributed by atoms with Gasteiger partial charge in [0.1, 0.15) is 11.6 Å². The smallest absolute Gasteiger partial charge is 0.307 e. The van der Waals surface area contributed by atoms with Crippen LogP contribution in [0.2, 0.25) is 0 Å². The van der Waals surface area contributed by atoms with Gasteiger partial charge < -0.3 is 15.2 Å². The van der Waals surface area contributed by atoms with Gasteiger partial charge in [0.2, 0.25) is 0 Å². The number of hydrogen-bond acceptors (Lipinski definition) is 3. The topological polar surface area (TPSA) is 75.6 Å². The number of hydrogen-bond donors (Lipinski definition) is 2. The number of amides is 1. The average molecular weight is 526 g/mol. The number of rotatable bonds is 12. The highest BCUT2D eigenvalue weighted by Crippen LogP contribution is 2.24. The molecule has 200 valence electrons. The molecule has 0 saturated carbocycles. The molecule has 4 aromatic carbocycles. The van der Waals surface area contributed by atoms with E-state index in [0.717, 1.165) is 34.2 Å². The first-order valence-corrected chi connectivity index (χ1v) is 13.1. The van der Waals surface area contributed by atoms with Crippen molar-refractivity contribution in [3.05, 3.63) is 125 Å². The minimum atomic E-state index is -0.846. The zero-order chi connectivity index (χ0) is 27.6. The van der Waals surface area contributed by atoms with Crippen molar-refractivity contribution in [2.75, 3.05) is 6.61 Å². The largest absolute Gasteiger partial charge is 0.493 e. The fourth-order valence-corrected chi connectivity index (χ4v) is 4.44. The SMILES string of the molecule is CCCOc1ccc(C[C@@H](Cc2ccccc2)C(=O)O)cc1CNC(=O)c1ccc(-c2cccc(F)c2)cc1. The summed E-state index contributed by atoms with van der Waals surface area (Å²) in [5.41, 5.74) is 4.67. The van der Waals surface area contributed by atoms with Gasteiger partial charge in [0, 0.05) is 17.7 Å². The predicted octanol–water partition coefficient (Wildman–Crippen LogP) is 6.70. The van der Waals surface area contributed by atoms with Gasteiger partial charge >= 0.3 is 5.97 Å². The minimum absolute atomic E-state index is 0.230. The molecule has 0 aliphatic heterocycles. The summed E-state index contributed by atoms with van der Waals surface area (Å²) >= 11 is 0. The second-order valence-corrected chi connectivity index (χ2v) is 9.49. The fraction of sp³-hybridized carbons (Fsp3) is 0.212. The summed E-state index contributed by atoms with van der Waals surface area (Å²) in [6.07, 6.45) is 1.63. The van der Waals surface area contributed by atoms with E-state index in [1.807, 2.05) is 61.5 Å². The van der Waals surface area contributed by atoms with Crippen LogP contribution in [0.15, 0.2) is 97.1 Å². The van der Waals surface area contributed by atoms with Crippen molar-refractivity contribution in [1.82, 2.24) is 5.32 Å². The molecular formula is C33H32FNO4. The number of nitrogens with one attached hydrogen (secondary N) is 1. The maximum Gasteiger partial charge on any atom is 0.307 e. The van der Waals surface area contributed by atoms with E-state index in [-0.39, 0.29) is 18.3 Å². The van der Waals surface area contributed by atoms with Crippen LogP contribution >= 0.6 is 0 Å². The van der Waals surface area contributed by atoms with E-state index in [1.165, 1.54) is 12.1 Å². The van der Waals surface area contributed by atoms with Crippen molar-refractivity contribution in [1.29, 1.82) is 0 Å². The van der Waals surface area contributed by atoms with Crippen molar-refractivity contribution in [3.63, 3.8) is 0 Å². The number of benzene rings is 4. The molecule has 0 unspecified atom stereocenters. The van der Waals surface area contributed by atoms with Crippen LogP contribution in [0.4, 0.5) is 4.39 Å². The third kappa shape index (κ3) is 7.77. The Bertz CT molecular complexity index is 1400. The zero-order valence-electron chi connectivity index (χ0n) is 21.9. The van der Waals surface area contributed by atoms with E-state index in [0.29, 0.717) is 30.8 Å². The second kappa shape index (κ2) is 13.4. The van der Waals surface area contributed by atoms with Crippen molar-refractivity contribution in [3.8, 4) is 16.9 Å². The number of aliphatic carboxylic acids is 1. The molecule has 1 amide bonds. The zero-order valence-corrected chi connectivity index (χ0v) is 21.9. The number of carboxylic acids is 1. The Balaban J connectivity index is 1.46. The fourth-order valence-electron chi connectivity index (χ4n) is 4.44. The number of carboxylic acid groups (broad SMARTS) is 1. The molecule has 4 aromatic rings. The van der Waals surface area contributed by atoms with Gasteiger partial charge in [0.25, 0.3) is 5.91 Å². The van der Waals surface area contributed by atoms with Crippen LogP contribution < -0.4 is 10.1 Å². The normalized spacial score (nSPS) is 11.5. The predicted molar refractivity (Wildman–Crippen MR) is 150 cm³/mol. The van der Waals surface area contributed by atoms with Crippen molar-refractivity contribution in [2.45, 2.75) is 32.7 Å². The summed E-state index contributed by atoms with van der Waals surface area (Å²) in [6.45, 7) is 2.78. The van der Waals surface area contributed by atoms with E-state index < -0.39 is 11.9 Å². The molecule has 5 nitrogen and oxygen atoms in total. The molecule has 6 heteroatoms. The monoisotopic (exact) mass is 525 g/mol. The molecule has 0 aliphatic carbocycles. The maximum atomic E-state index is 13.6. The molecule has 0 spiro atoms. The maximum absolute atomic E-state index is 13.6. The standard InChI is InChI=1S/C33H32FNO4/c1-2-17-39-31-16-11-24(19-28(33(37)38)18-23-7-4-3-5-8-23)20-29(31)22-35-32(36)26-14-12-25(13-15-26)27-9-6-10-30(34)21-27/h3-16,20-21,28H,2,17-19,22H2,1H3,(H,35,36)(H,37,38)/t28-/m1/s1. The Morgan fingerprint density at radius 2 is 1.59 bits per heavy atom. The van der Waals surface area contributed by atoms with Crippen LogP contribution in [0.1, 0.15) is 40.4 Å². The molecule has 0 heterocycles.